The second-order valence-electron chi connectivity index (χ2n) is 7.84. The second-order valence-corrected chi connectivity index (χ2v) is 7.84. The summed E-state index contributed by atoms with van der Waals surface area (Å²) in [4.78, 5) is 15.9. The first-order valence-corrected chi connectivity index (χ1v) is 10.5. The summed E-state index contributed by atoms with van der Waals surface area (Å²) in [6.07, 6.45) is 7.89. The summed E-state index contributed by atoms with van der Waals surface area (Å²) in [5, 5.41) is 12.7. The van der Waals surface area contributed by atoms with Gasteiger partial charge in [0, 0.05) is 49.5 Å². The van der Waals surface area contributed by atoms with E-state index in [9.17, 15) is 0 Å². The van der Waals surface area contributed by atoms with Gasteiger partial charge in [-0.1, -0.05) is 0 Å². The van der Waals surface area contributed by atoms with Crippen LogP contribution in [0.4, 0.5) is 5.82 Å². The van der Waals surface area contributed by atoms with E-state index in [0.717, 1.165) is 37.0 Å². The zero-order valence-electron chi connectivity index (χ0n) is 17.3. The lowest BCUT2D eigenvalue weighted by molar-refractivity contribution is 0.239. The Labute approximate surface area is 183 Å². The van der Waals surface area contributed by atoms with Gasteiger partial charge in [0.2, 0.25) is 0 Å². The Balaban J connectivity index is 1.15. The molecule has 0 unspecified atom stereocenters. The highest BCUT2D eigenvalue weighted by Crippen LogP contribution is 2.26. The quantitative estimate of drug-likeness (QED) is 0.438. The average Bonchev–Trinajstić information content (AvgIpc) is 3.57. The van der Waals surface area contributed by atoms with Crippen LogP contribution in [0.2, 0.25) is 0 Å². The molecule has 6 rings (SSSR count). The minimum atomic E-state index is 0.499. The number of rotatable bonds is 5. The molecule has 10 heteroatoms. The van der Waals surface area contributed by atoms with Crippen LogP contribution < -0.4 is 5.73 Å². The van der Waals surface area contributed by atoms with E-state index >= 15 is 0 Å². The zero-order chi connectivity index (χ0) is 21.5. The topological polar surface area (TPSA) is 128 Å². The van der Waals surface area contributed by atoms with Crippen molar-refractivity contribution in [3.05, 3.63) is 60.4 Å². The van der Waals surface area contributed by atoms with E-state index in [2.05, 4.69) is 36.2 Å². The molecular formula is C22H21N9O. The van der Waals surface area contributed by atoms with Gasteiger partial charge in [0.15, 0.2) is 17.4 Å². The maximum atomic E-state index is 6.37. The molecule has 0 aromatic carbocycles. The van der Waals surface area contributed by atoms with Gasteiger partial charge < -0.3 is 10.2 Å². The van der Waals surface area contributed by atoms with Crippen molar-refractivity contribution >= 4 is 16.7 Å². The minimum Gasteiger partial charge on any atom is -0.461 e. The van der Waals surface area contributed by atoms with Gasteiger partial charge in [-0.25, -0.2) is 9.67 Å². The van der Waals surface area contributed by atoms with Gasteiger partial charge >= 0.3 is 0 Å². The Hall–Kier alpha value is -4.05. The van der Waals surface area contributed by atoms with Crippen molar-refractivity contribution < 1.29 is 4.42 Å². The molecule has 0 saturated heterocycles. The number of hydrogen-bond acceptors (Lipinski definition) is 8. The third-order valence-corrected chi connectivity index (χ3v) is 5.83. The summed E-state index contributed by atoms with van der Waals surface area (Å²) in [7, 11) is 0. The van der Waals surface area contributed by atoms with Crippen molar-refractivity contribution in [3.63, 3.8) is 0 Å². The van der Waals surface area contributed by atoms with Crippen molar-refractivity contribution in [1.82, 2.24) is 39.8 Å². The summed E-state index contributed by atoms with van der Waals surface area (Å²) >= 11 is 0. The highest BCUT2D eigenvalue weighted by Gasteiger charge is 2.20. The van der Waals surface area contributed by atoms with Crippen LogP contribution in [0, 0.1) is 0 Å². The van der Waals surface area contributed by atoms with Crippen LogP contribution in [0.1, 0.15) is 11.3 Å². The molecule has 0 spiro atoms. The maximum Gasteiger partial charge on any atom is 0.192 e. The molecule has 160 valence electrons. The summed E-state index contributed by atoms with van der Waals surface area (Å²) < 4.78 is 7.16. The Kier molecular flexibility index (Phi) is 4.43. The summed E-state index contributed by atoms with van der Waals surface area (Å²) in [6.45, 7) is 3.33. The first kappa shape index (κ1) is 18.7. The van der Waals surface area contributed by atoms with Gasteiger partial charge in [-0.3, -0.25) is 20.0 Å². The normalized spacial score (nSPS) is 14.1. The third kappa shape index (κ3) is 3.30. The number of aromatic amines is 1. The Bertz CT molecular complexity index is 1390. The molecule has 0 saturated carbocycles. The Morgan fingerprint density at radius 1 is 1.16 bits per heavy atom. The molecule has 32 heavy (non-hydrogen) atoms. The molecular weight excluding hydrogens is 406 g/mol. The van der Waals surface area contributed by atoms with Gasteiger partial charge in [-0.15, -0.1) is 0 Å². The molecule has 0 bridgehead atoms. The molecule has 0 radical (unpaired) electrons. The van der Waals surface area contributed by atoms with E-state index in [-0.39, 0.29) is 0 Å². The Morgan fingerprint density at radius 2 is 2.12 bits per heavy atom. The molecule has 1 aliphatic heterocycles. The molecule has 1 aliphatic rings. The van der Waals surface area contributed by atoms with E-state index in [0.29, 0.717) is 35.3 Å². The van der Waals surface area contributed by atoms with E-state index in [1.54, 1.807) is 29.4 Å². The lowest BCUT2D eigenvalue weighted by atomic mass is 10.0. The predicted octanol–water partition coefficient (Wildman–Crippen LogP) is 2.51. The van der Waals surface area contributed by atoms with Gasteiger partial charge in [0.25, 0.3) is 0 Å². The molecule has 0 atom stereocenters. The molecule has 0 aliphatic carbocycles. The molecule has 3 N–H and O–H groups in total. The number of hydrogen-bond donors (Lipinski definition) is 2. The number of pyridine rings is 2. The van der Waals surface area contributed by atoms with Crippen LogP contribution in [0.5, 0.6) is 0 Å². The number of nitrogens with two attached hydrogens (primary N) is 1. The first-order valence-electron chi connectivity index (χ1n) is 10.5. The molecule has 10 nitrogen and oxygen atoms in total. The lowest BCUT2D eigenvalue weighted by Crippen LogP contribution is -2.34. The van der Waals surface area contributed by atoms with E-state index in [1.165, 1.54) is 11.3 Å². The van der Waals surface area contributed by atoms with E-state index < -0.39 is 0 Å². The van der Waals surface area contributed by atoms with Gasteiger partial charge in [-0.2, -0.15) is 10.2 Å². The van der Waals surface area contributed by atoms with Crippen molar-refractivity contribution in [2.24, 2.45) is 0 Å². The van der Waals surface area contributed by atoms with Gasteiger partial charge in [0.05, 0.1) is 30.1 Å². The second kappa shape index (κ2) is 7.57. The number of nitrogen functional groups attached to an aromatic ring is 1. The molecule has 6 heterocycles. The zero-order valence-corrected chi connectivity index (χ0v) is 17.3. The fourth-order valence-electron chi connectivity index (χ4n) is 4.12. The number of H-pyrrole nitrogens is 1. The van der Waals surface area contributed by atoms with Crippen LogP contribution in [0.3, 0.4) is 0 Å². The molecule has 5 aromatic rings. The number of nitrogens with one attached hydrogen (secondary N) is 1. The molecule has 0 amide bonds. The van der Waals surface area contributed by atoms with Gasteiger partial charge in [-0.05, 0) is 29.8 Å². The van der Waals surface area contributed by atoms with Crippen LogP contribution >= 0.6 is 0 Å². The van der Waals surface area contributed by atoms with Gasteiger partial charge in [0.1, 0.15) is 5.82 Å². The van der Waals surface area contributed by atoms with Crippen LogP contribution in [0.15, 0.2) is 53.5 Å². The van der Waals surface area contributed by atoms with Crippen LogP contribution in [-0.4, -0.2) is 52.9 Å². The number of fused-ring (bicyclic) bond motifs is 2. The smallest absolute Gasteiger partial charge is 0.192 e. The van der Waals surface area contributed by atoms with Crippen molar-refractivity contribution in [3.8, 4) is 23.0 Å². The highest BCUT2D eigenvalue weighted by atomic mass is 16.3. The summed E-state index contributed by atoms with van der Waals surface area (Å²) in [5.41, 5.74) is 10.5. The number of furan rings is 1. The average molecular weight is 427 g/mol. The fraction of sp³-hybridized carbons (Fsp3) is 0.227. The highest BCUT2D eigenvalue weighted by molar-refractivity contribution is 5.78. The molecule has 0 fully saturated rings. The van der Waals surface area contributed by atoms with Crippen molar-refractivity contribution in [2.45, 2.75) is 19.5 Å². The number of anilines is 1. The maximum absolute atomic E-state index is 6.37. The largest absolute Gasteiger partial charge is 0.461 e. The number of nitrogens with zero attached hydrogens (tertiary/aromatic N) is 7. The van der Waals surface area contributed by atoms with E-state index in [1.807, 2.05) is 18.3 Å². The van der Waals surface area contributed by atoms with Crippen LogP contribution in [-0.2, 0) is 19.5 Å². The predicted molar refractivity (Wildman–Crippen MR) is 118 cm³/mol. The third-order valence-electron chi connectivity index (χ3n) is 5.83. The molecule has 5 aromatic heterocycles. The van der Waals surface area contributed by atoms with Crippen LogP contribution in [0.25, 0.3) is 33.9 Å². The van der Waals surface area contributed by atoms with Crippen molar-refractivity contribution in [2.75, 3.05) is 18.8 Å². The monoisotopic (exact) mass is 427 g/mol. The standard InChI is InChI=1S/C22H21N9O/c23-20-16(21-27-22(29-28-21)19-2-1-9-32-19)12-25-31(20)8-7-30-6-4-18-15(13-30)10-14-11-24-5-3-17(14)26-18/h1-3,5,9-12H,4,6-8,13,23H2,(H,27,28,29). The summed E-state index contributed by atoms with van der Waals surface area (Å²) in [6, 6.07) is 7.80. The SMILES string of the molecule is Nc1c(-c2n[nH]c(-c3ccco3)n2)cnn1CCN1CCc2nc3ccncc3cc2C1. The minimum absolute atomic E-state index is 0.499. The Morgan fingerprint density at radius 3 is 3.03 bits per heavy atom. The number of aromatic nitrogens is 7. The first-order chi connectivity index (χ1) is 15.7. The van der Waals surface area contributed by atoms with E-state index in [4.69, 9.17) is 15.1 Å². The summed E-state index contributed by atoms with van der Waals surface area (Å²) in [5.74, 6) is 2.23. The fourth-order valence-corrected chi connectivity index (χ4v) is 4.12. The lowest BCUT2D eigenvalue weighted by Gasteiger charge is -2.28. The van der Waals surface area contributed by atoms with Crippen molar-refractivity contribution in [1.29, 1.82) is 0 Å².